The Bertz CT molecular complexity index is 343. The largest absolute Gasteiger partial charge is 0.305 e. The van der Waals surface area contributed by atoms with Gasteiger partial charge in [0.25, 0.3) is 0 Å². The van der Waals surface area contributed by atoms with Gasteiger partial charge in [-0.1, -0.05) is 38.8 Å². The van der Waals surface area contributed by atoms with Crippen LogP contribution in [0.1, 0.15) is 65.0 Å². The number of unbranched alkanes of at least 4 members (excludes halogenated alkanes) is 1. The molecular weight excluding hydrogens is 225 g/mol. The minimum Gasteiger partial charge on any atom is -0.305 e. The molecule has 1 atom stereocenters. The first-order chi connectivity index (χ1) is 8.48. The molecule has 0 aliphatic rings. The molecule has 102 valence electrons. The SMILES string of the molecule is CCCCC(NC(C)(C)CC)c1ccc(F)cc1. The molecule has 1 unspecified atom stereocenters. The summed E-state index contributed by atoms with van der Waals surface area (Å²) in [5, 5.41) is 3.69. The summed E-state index contributed by atoms with van der Waals surface area (Å²) in [6, 6.07) is 7.22. The maximum atomic E-state index is 13.0. The second-order valence-corrected chi connectivity index (χ2v) is 5.63. The van der Waals surface area contributed by atoms with E-state index in [1.807, 2.05) is 12.1 Å². The topological polar surface area (TPSA) is 12.0 Å². The van der Waals surface area contributed by atoms with E-state index in [1.165, 1.54) is 18.4 Å². The molecule has 1 nitrogen and oxygen atoms in total. The maximum absolute atomic E-state index is 13.0. The van der Waals surface area contributed by atoms with Gasteiger partial charge in [0.15, 0.2) is 0 Å². The van der Waals surface area contributed by atoms with Crippen molar-refractivity contribution in [2.75, 3.05) is 0 Å². The summed E-state index contributed by atoms with van der Waals surface area (Å²) in [5.74, 6) is -0.164. The van der Waals surface area contributed by atoms with Crippen LogP contribution in [0, 0.1) is 5.82 Å². The quantitative estimate of drug-likeness (QED) is 0.731. The summed E-state index contributed by atoms with van der Waals surface area (Å²) in [7, 11) is 0. The Morgan fingerprint density at radius 1 is 1.17 bits per heavy atom. The third-order valence-electron chi connectivity index (χ3n) is 3.57. The molecule has 1 rings (SSSR count). The lowest BCUT2D eigenvalue weighted by atomic mass is 9.95. The van der Waals surface area contributed by atoms with Crippen molar-refractivity contribution in [1.29, 1.82) is 0 Å². The van der Waals surface area contributed by atoms with E-state index < -0.39 is 0 Å². The Morgan fingerprint density at radius 2 is 1.78 bits per heavy atom. The van der Waals surface area contributed by atoms with E-state index in [-0.39, 0.29) is 11.4 Å². The van der Waals surface area contributed by atoms with Gasteiger partial charge in [-0.25, -0.2) is 4.39 Å². The second-order valence-electron chi connectivity index (χ2n) is 5.63. The minimum absolute atomic E-state index is 0.118. The number of nitrogens with one attached hydrogen (secondary N) is 1. The van der Waals surface area contributed by atoms with Crippen LogP contribution in [0.25, 0.3) is 0 Å². The van der Waals surface area contributed by atoms with Crippen LogP contribution in [0.3, 0.4) is 0 Å². The highest BCUT2D eigenvalue weighted by Gasteiger charge is 2.21. The highest BCUT2D eigenvalue weighted by Crippen LogP contribution is 2.24. The van der Waals surface area contributed by atoms with Gasteiger partial charge < -0.3 is 5.32 Å². The van der Waals surface area contributed by atoms with Gasteiger partial charge in [-0.3, -0.25) is 0 Å². The molecule has 1 aromatic rings. The van der Waals surface area contributed by atoms with Crippen LogP contribution in [-0.2, 0) is 0 Å². The summed E-state index contributed by atoms with van der Waals surface area (Å²) < 4.78 is 13.0. The van der Waals surface area contributed by atoms with Gasteiger partial charge in [0.1, 0.15) is 5.82 Å². The van der Waals surface area contributed by atoms with Crippen molar-refractivity contribution in [1.82, 2.24) is 5.32 Å². The van der Waals surface area contributed by atoms with Crippen LogP contribution in [-0.4, -0.2) is 5.54 Å². The zero-order valence-electron chi connectivity index (χ0n) is 12.1. The van der Waals surface area contributed by atoms with Crippen molar-refractivity contribution < 1.29 is 4.39 Å². The number of rotatable bonds is 7. The molecule has 0 radical (unpaired) electrons. The van der Waals surface area contributed by atoms with Crippen LogP contribution < -0.4 is 5.32 Å². The van der Waals surface area contributed by atoms with Gasteiger partial charge in [0.2, 0.25) is 0 Å². The number of hydrogen-bond donors (Lipinski definition) is 1. The van der Waals surface area contributed by atoms with Crippen LogP contribution >= 0.6 is 0 Å². The molecule has 0 aliphatic heterocycles. The van der Waals surface area contributed by atoms with Crippen LogP contribution in [0.2, 0.25) is 0 Å². The highest BCUT2D eigenvalue weighted by molar-refractivity contribution is 5.20. The number of hydrogen-bond acceptors (Lipinski definition) is 1. The molecule has 1 aromatic carbocycles. The monoisotopic (exact) mass is 251 g/mol. The average Bonchev–Trinajstić information content (AvgIpc) is 2.35. The van der Waals surface area contributed by atoms with Crippen LogP contribution in [0.5, 0.6) is 0 Å². The fourth-order valence-corrected chi connectivity index (χ4v) is 2.00. The molecule has 0 saturated carbocycles. The van der Waals surface area contributed by atoms with E-state index in [0.29, 0.717) is 6.04 Å². The van der Waals surface area contributed by atoms with E-state index in [2.05, 4.69) is 33.0 Å². The lowest BCUT2D eigenvalue weighted by molar-refractivity contribution is 0.312. The van der Waals surface area contributed by atoms with Crippen molar-refractivity contribution in [3.05, 3.63) is 35.6 Å². The maximum Gasteiger partial charge on any atom is 0.123 e. The molecule has 18 heavy (non-hydrogen) atoms. The molecule has 0 aliphatic carbocycles. The Labute approximate surface area is 111 Å². The summed E-state index contributed by atoms with van der Waals surface area (Å²) in [6.07, 6.45) is 4.56. The third kappa shape index (κ3) is 4.77. The molecule has 2 heteroatoms. The molecule has 0 heterocycles. The first-order valence-electron chi connectivity index (χ1n) is 7.01. The molecule has 1 N–H and O–H groups in total. The van der Waals surface area contributed by atoms with Crippen molar-refractivity contribution in [3.8, 4) is 0 Å². The summed E-state index contributed by atoms with van der Waals surface area (Å²) >= 11 is 0. The van der Waals surface area contributed by atoms with Gasteiger partial charge in [-0.15, -0.1) is 0 Å². The predicted molar refractivity (Wildman–Crippen MR) is 76.2 cm³/mol. The molecule has 0 fully saturated rings. The Hall–Kier alpha value is -0.890. The van der Waals surface area contributed by atoms with Crippen molar-refractivity contribution >= 4 is 0 Å². The highest BCUT2D eigenvalue weighted by atomic mass is 19.1. The van der Waals surface area contributed by atoms with Crippen LogP contribution in [0.15, 0.2) is 24.3 Å². The molecule has 0 aromatic heterocycles. The molecule has 0 spiro atoms. The zero-order chi connectivity index (χ0) is 13.6. The van der Waals surface area contributed by atoms with Gasteiger partial charge in [0.05, 0.1) is 0 Å². The normalized spacial score (nSPS) is 13.6. The van der Waals surface area contributed by atoms with Gasteiger partial charge in [-0.2, -0.15) is 0 Å². The summed E-state index contributed by atoms with van der Waals surface area (Å²) in [4.78, 5) is 0. The van der Waals surface area contributed by atoms with Gasteiger partial charge >= 0.3 is 0 Å². The summed E-state index contributed by atoms with van der Waals surface area (Å²) in [6.45, 7) is 8.83. The van der Waals surface area contributed by atoms with Crippen molar-refractivity contribution in [2.45, 2.75) is 65.0 Å². The van der Waals surface area contributed by atoms with E-state index >= 15 is 0 Å². The smallest absolute Gasteiger partial charge is 0.123 e. The number of benzene rings is 1. The molecule has 0 bridgehead atoms. The van der Waals surface area contributed by atoms with E-state index in [4.69, 9.17) is 0 Å². The average molecular weight is 251 g/mol. The van der Waals surface area contributed by atoms with E-state index in [9.17, 15) is 4.39 Å². The molecule has 0 saturated heterocycles. The Balaban J connectivity index is 2.80. The Morgan fingerprint density at radius 3 is 2.28 bits per heavy atom. The van der Waals surface area contributed by atoms with Gasteiger partial charge in [0, 0.05) is 11.6 Å². The van der Waals surface area contributed by atoms with Gasteiger partial charge in [-0.05, 0) is 44.4 Å². The molecule has 0 amide bonds. The fraction of sp³-hybridized carbons (Fsp3) is 0.625. The minimum atomic E-state index is -0.164. The van der Waals surface area contributed by atoms with Crippen LogP contribution in [0.4, 0.5) is 4.39 Å². The lowest BCUT2D eigenvalue weighted by Gasteiger charge is -2.31. The Kier molecular flexibility index (Phi) is 5.80. The molecular formula is C16H26FN. The first-order valence-corrected chi connectivity index (χ1v) is 7.01. The van der Waals surface area contributed by atoms with Crippen molar-refractivity contribution in [3.63, 3.8) is 0 Å². The fourth-order valence-electron chi connectivity index (χ4n) is 2.00. The van der Waals surface area contributed by atoms with E-state index in [1.54, 1.807) is 12.1 Å². The third-order valence-corrected chi connectivity index (χ3v) is 3.57. The summed E-state index contributed by atoms with van der Waals surface area (Å²) in [5.41, 5.74) is 1.30. The predicted octanol–water partition coefficient (Wildman–Crippen LogP) is 4.84. The van der Waals surface area contributed by atoms with E-state index in [0.717, 1.165) is 12.8 Å². The zero-order valence-corrected chi connectivity index (χ0v) is 12.1. The number of halogens is 1. The van der Waals surface area contributed by atoms with Crippen molar-refractivity contribution in [2.24, 2.45) is 0 Å². The second kappa shape index (κ2) is 6.89. The standard InChI is InChI=1S/C16H26FN/c1-5-7-8-15(18-16(3,4)6-2)13-9-11-14(17)12-10-13/h9-12,15,18H,5-8H2,1-4H3. The first kappa shape index (κ1) is 15.2. The lowest BCUT2D eigenvalue weighted by Crippen LogP contribution is -2.41.